The van der Waals surface area contributed by atoms with Gasteiger partial charge in [-0.25, -0.2) is 16.8 Å². The first-order valence-corrected chi connectivity index (χ1v) is 13.8. The number of hydrogen-bond donors (Lipinski definition) is 4. The average Bonchev–Trinajstić information content (AvgIpc) is 2.73. The molecule has 1 atom stereocenters. The topological polar surface area (TPSA) is 140 Å². The van der Waals surface area contributed by atoms with Gasteiger partial charge in [0.2, 0.25) is 10.0 Å². The van der Waals surface area contributed by atoms with E-state index < -0.39 is 19.9 Å². The van der Waals surface area contributed by atoms with Crippen LogP contribution in [0.25, 0.3) is 0 Å². The Kier molecular flexibility index (Phi) is 9.91. The van der Waals surface area contributed by atoms with Crippen molar-refractivity contribution in [1.82, 2.24) is 10.6 Å². The number of nitrogens with two attached hydrogens (primary N) is 1. The first-order chi connectivity index (χ1) is 15.1. The van der Waals surface area contributed by atoms with Crippen LogP contribution in [0.2, 0.25) is 0 Å². The Balaban J connectivity index is 1.73. The molecule has 0 aliphatic heterocycles. The second kappa shape index (κ2) is 12.2. The Morgan fingerprint density at radius 2 is 1.62 bits per heavy atom. The van der Waals surface area contributed by atoms with Crippen molar-refractivity contribution in [3.05, 3.63) is 54.1 Å². The minimum absolute atomic E-state index is 0.109. The molecule has 11 heteroatoms. The summed E-state index contributed by atoms with van der Waals surface area (Å²) in [5.74, 6) is 0.735. The zero-order chi connectivity index (χ0) is 23.6. The molecule has 0 aromatic heterocycles. The predicted octanol–water partition coefficient (Wildman–Crippen LogP) is 1.11. The van der Waals surface area contributed by atoms with E-state index in [9.17, 15) is 16.8 Å². The molecule has 2 aromatic carbocycles. The standard InChI is InChI=1S/C21H32N4O5S2/c1-23-12-3-15-32(28,29)20-10-4-17(5-11-20)21(22)16-24-13-14-30-19-8-6-18(7-9-19)25-31(2,26)27/h4-11,21,23-25H,3,12-16,22H2,1-2H3. The van der Waals surface area contributed by atoms with Gasteiger partial charge in [0.25, 0.3) is 0 Å². The van der Waals surface area contributed by atoms with Crippen molar-refractivity contribution in [2.24, 2.45) is 5.73 Å². The van der Waals surface area contributed by atoms with Crippen LogP contribution in [0.5, 0.6) is 5.75 Å². The van der Waals surface area contributed by atoms with E-state index in [-0.39, 0.29) is 11.8 Å². The lowest BCUT2D eigenvalue weighted by Crippen LogP contribution is -2.30. The molecule has 178 valence electrons. The lowest BCUT2D eigenvalue weighted by Gasteiger charge is -2.14. The summed E-state index contributed by atoms with van der Waals surface area (Å²) in [6.45, 7) is 2.14. The lowest BCUT2D eigenvalue weighted by molar-refractivity contribution is 0.312. The minimum atomic E-state index is -3.31. The molecule has 1 unspecified atom stereocenters. The van der Waals surface area contributed by atoms with Crippen molar-refractivity contribution in [1.29, 1.82) is 0 Å². The fourth-order valence-corrected chi connectivity index (χ4v) is 4.80. The number of sulfone groups is 1. The maximum absolute atomic E-state index is 12.3. The number of ether oxygens (including phenoxy) is 1. The average molecular weight is 485 g/mol. The molecule has 0 saturated heterocycles. The molecule has 0 heterocycles. The van der Waals surface area contributed by atoms with E-state index in [0.717, 1.165) is 11.8 Å². The molecular weight excluding hydrogens is 452 g/mol. The second-order valence-corrected chi connectivity index (χ2v) is 11.3. The van der Waals surface area contributed by atoms with Crippen molar-refractivity contribution in [2.75, 3.05) is 50.0 Å². The van der Waals surface area contributed by atoms with Crippen LogP contribution in [-0.4, -0.2) is 62.1 Å². The molecule has 0 radical (unpaired) electrons. The first-order valence-electron chi connectivity index (χ1n) is 10.2. The molecule has 0 spiro atoms. The van der Waals surface area contributed by atoms with Gasteiger partial charge in [-0.1, -0.05) is 12.1 Å². The van der Waals surface area contributed by atoms with Gasteiger partial charge in [0.05, 0.1) is 16.9 Å². The smallest absolute Gasteiger partial charge is 0.229 e. The number of rotatable bonds is 14. The fraction of sp³-hybridized carbons (Fsp3) is 0.429. The van der Waals surface area contributed by atoms with Gasteiger partial charge in [-0.3, -0.25) is 4.72 Å². The number of sulfonamides is 1. The Hall–Kier alpha value is -2.18. The van der Waals surface area contributed by atoms with E-state index in [4.69, 9.17) is 10.5 Å². The van der Waals surface area contributed by atoms with E-state index in [2.05, 4.69) is 15.4 Å². The number of benzene rings is 2. The normalized spacial score (nSPS) is 13.0. The third-order valence-electron chi connectivity index (χ3n) is 4.58. The van der Waals surface area contributed by atoms with Gasteiger partial charge in [0.15, 0.2) is 9.84 Å². The van der Waals surface area contributed by atoms with Crippen LogP contribution < -0.4 is 25.8 Å². The van der Waals surface area contributed by atoms with Gasteiger partial charge < -0.3 is 21.1 Å². The summed E-state index contributed by atoms with van der Waals surface area (Å²) in [6.07, 6.45) is 1.66. The lowest BCUT2D eigenvalue weighted by atomic mass is 10.1. The maximum Gasteiger partial charge on any atom is 0.229 e. The highest BCUT2D eigenvalue weighted by molar-refractivity contribution is 7.92. The second-order valence-electron chi connectivity index (χ2n) is 7.40. The molecule has 2 rings (SSSR count). The summed E-state index contributed by atoms with van der Waals surface area (Å²) in [5.41, 5.74) is 7.52. The Morgan fingerprint density at radius 3 is 2.22 bits per heavy atom. The van der Waals surface area contributed by atoms with Crippen LogP contribution >= 0.6 is 0 Å². The molecule has 2 aromatic rings. The molecule has 0 amide bonds. The third-order valence-corrected chi connectivity index (χ3v) is 7.00. The van der Waals surface area contributed by atoms with Crippen molar-refractivity contribution < 1.29 is 21.6 Å². The number of nitrogens with one attached hydrogen (secondary N) is 3. The first kappa shape index (κ1) is 26.1. The van der Waals surface area contributed by atoms with Crippen LogP contribution in [-0.2, 0) is 19.9 Å². The van der Waals surface area contributed by atoms with Crippen LogP contribution in [0.1, 0.15) is 18.0 Å². The van der Waals surface area contributed by atoms with Crippen molar-refractivity contribution in [2.45, 2.75) is 17.4 Å². The summed E-state index contributed by atoms with van der Waals surface area (Å²) in [4.78, 5) is 0.309. The molecule has 0 aliphatic rings. The fourth-order valence-electron chi connectivity index (χ4n) is 2.93. The van der Waals surface area contributed by atoms with Gasteiger partial charge in [-0.05, 0) is 62.0 Å². The van der Waals surface area contributed by atoms with E-state index in [1.807, 2.05) is 0 Å². The SMILES string of the molecule is CNCCCS(=O)(=O)c1ccc(C(N)CNCCOc2ccc(NS(C)(=O)=O)cc2)cc1. The highest BCUT2D eigenvalue weighted by atomic mass is 32.2. The minimum Gasteiger partial charge on any atom is -0.492 e. The van der Waals surface area contributed by atoms with Crippen molar-refractivity contribution >= 4 is 25.5 Å². The summed E-state index contributed by atoms with van der Waals surface area (Å²) in [6, 6.07) is 13.1. The van der Waals surface area contributed by atoms with E-state index in [0.29, 0.717) is 49.0 Å². The van der Waals surface area contributed by atoms with Crippen LogP contribution in [0, 0.1) is 0 Å². The van der Waals surface area contributed by atoms with Gasteiger partial charge in [0.1, 0.15) is 12.4 Å². The molecule has 0 bridgehead atoms. The highest BCUT2D eigenvalue weighted by Gasteiger charge is 2.14. The zero-order valence-corrected chi connectivity index (χ0v) is 20.0. The molecule has 0 aliphatic carbocycles. The van der Waals surface area contributed by atoms with E-state index in [1.165, 1.54) is 0 Å². The van der Waals surface area contributed by atoms with Gasteiger partial charge in [-0.2, -0.15) is 0 Å². The zero-order valence-electron chi connectivity index (χ0n) is 18.4. The third kappa shape index (κ3) is 9.13. The molecule has 0 fully saturated rings. The van der Waals surface area contributed by atoms with Gasteiger partial charge >= 0.3 is 0 Å². The summed E-state index contributed by atoms with van der Waals surface area (Å²) in [5, 5.41) is 6.15. The molecular formula is C21H32N4O5S2. The summed E-state index contributed by atoms with van der Waals surface area (Å²) in [7, 11) is -4.80. The monoisotopic (exact) mass is 484 g/mol. The van der Waals surface area contributed by atoms with Gasteiger partial charge in [0, 0.05) is 24.8 Å². The summed E-state index contributed by atoms with van der Waals surface area (Å²) < 4.78 is 55.0. The number of hydrogen-bond acceptors (Lipinski definition) is 8. The van der Waals surface area contributed by atoms with Gasteiger partial charge in [-0.15, -0.1) is 0 Å². The maximum atomic E-state index is 12.3. The quantitative estimate of drug-likeness (QED) is 0.292. The van der Waals surface area contributed by atoms with E-state index in [1.54, 1.807) is 55.6 Å². The summed E-state index contributed by atoms with van der Waals surface area (Å²) >= 11 is 0. The van der Waals surface area contributed by atoms with Crippen LogP contribution in [0.15, 0.2) is 53.4 Å². The Bertz CT molecular complexity index is 1040. The predicted molar refractivity (Wildman–Crippen MR) is 127 cm³/mol. The number of anilines is 1. The van der Waals surface area contributed by atoms with Crippen LogP contribution in [0.3, 0.4) is 0 Å². The molecule has 0 saturated carbocycles. The largest absolute Gasteiger partial charge is 0.492 e. The van der Waals surface area contributed by atoms with E-state index >= 15 is 0 Å². The van der Waals surface area contributed by atoms with Crippen LogP contribution in [0.4, 0.5) is 5.69 Å². The molecule has 32 heavy (non-hydrogen) atoms. The molecule has 9 nitrogen and oxygen atoms in total. The molecule has 5 N–H and O–H groups in total. The highest BCUT2D eigenvalue weighted by Crippen LogP contribution is 2.17. The Labute approximate surface area is 190 Å². The Morgan fingerprint density at radius 1 is 0.969 bits per heavy atom. The van der Waals surface area contributed by atoms with Crippen molar-refractivity contribution in [3.63, 3.8) is 0 Å². The van der Waals surface area contributed by atoms with Crippen molar-refractivity contribution in [3.8, 4) is 5.75 Å².